The van der Waals surface area contributed by atoms with Crippen molar-refractivity contribution in [1.82, 2.24) is 9.80 Å². The van der Waals surface area contributed by atoms with E-state index in [1.807, 2.05) is 4.90 Å². The molecule has 4 nitrogen and oxygen atoms in total. The molecule has 3 rings (SSSR count). The number of hydrogen-bond donors (Lipinski definition) is 0. The number of amides is 1. The van der Waals surface area contributed by atoms with E-state index in [1.54, 1.807) is 12.1 Å². The zero-order chi connectivity index (χ0) is 16.2. The molecule has 1 aromatic rings. The van der Waals surface area contributed by atoms with Crippen molar-refractivity contribution < 1.29 is 13.9 Å². The standard InChI is InChI=1S/C18H25FN2O2/c1-20(17-9-11-23-13-17)16-6-7-18(22)21(10-8-16)12-14-2-4-15(19)5-3-14/h2-5,16-17H,6-13H2,1H3. The van der Waals surface area contributed by atoms with Gasteiger partial charge in [-0.2, -0.15) is 0 Å². The maximum Gasteiger partial charge on any atom is 0.222 e. The molecule has 0 aliphatic carbocycles. The summed E-state index contributed by atoms with van der Waals surface area (Å²) < 4.78 is 18.5. The minimum atomic E-state index is -0.239. The Kier molecular flexibility index (Phi) is 5.28. The van der Waals surface area contributed by atoms with Crippen molar-refractivity contribution in [3.63, 3.8) is 0 Å². The SMILES string of the molecule is CN(C1CCC(=O)N(Cc2ccc(F)cc2)CC1)C1CCOC1. The minimum absolute atomic E-state index is 0.202. The highest BCUT2D eigenvalue weighted by Crippen LogP contribution is 2.22. The van der Waals surface area contributed by atoms with Crippen LogP contribution in [-0.2, 0) is 16.1 Å². The third kappa shape index (κ3) is 4.09. The molecule has 0 aromatic heterocycles. The van der Waals surface area contributed by atoms with Crippen molar-refractivity contribution >= 4 is 5.91 Å². The van der Waals surface area contributed by atoms with Gasteiger partial charge in [-0.3, -0.25) is 9.69 Å². The van der Waals surface area contributed by atoms with Gasteiger partial charge in [0.1, 0.15) is 5.82 Å². The maximum absolute atomic E-state index is 13.0. The fourth-order valence-electron chi connectivity index (χ4n) is 3.55. The highest BCUT2D eigenvalue weighted by molar-refractivity contribution is 5.76. The van der Waals surface area contributed by atoms with Gasteiger partial charge in [-0.15, -0.1) is 0 Å². The van der Waals surface area contributed by atoms with Crippen molar-refractivity contribution in [2.75, 3.05) is 26.8 Å². The zero-order valence-corrected chi connectivity index (χ0v) is 13.7. The lowest BCUT2D eigenvalue weighted by Gasteiger charge is -2.31. The summed E-state index contributed by atoms with van der Waals surface area (Å²) in [6, 6.07) is 7.34. The van der Waals surface area contributed by atoms with E-state index in [9.17, 15) is 9.18 Å². The molecular weight excluding hydrogens is 295 g/mol. The predicted octanol–water partition coefficient (Wildman–Crippen LogP) is 2.43. The van der Waals surface area contributed by atoms with Crippen LogP contribution < -0.4 is 0 Å². The lowest BCUT2D eigenvalue weighted by molar-refractivity contribution is -0.131. The molecule has 0 bridgehead atoms. The summed E-state index contributed by atoms with van der Waals surface area (Å²) in [6.45, 7) is 2.98. The molecule has 0 spiro atoms. The van der Waals surface area contributed by atoms with Crippen LogP contribution in [0.15, 0.2) is 24.3 Å². The zero-order valence-electron chi connectivity index (χ0n) is 13.7. The van der Waals surface area contributed by atoms with Gasteiger partial charge >= 0.3 is 0 Å². The van der Waals surface area contributed by atoms with Gasteiger partial charge in [-0.05, 0) is 44.0 Å². The Morgan fingerprint density at radius 3 is 2.70 bits per heavy atom. The first-order valence-electron chi connectivity index (χ1n) is 8.45. The molecule has 5 heteroatoms. The summed E-state index contributed by atoms with van der Waals surface area (Å²) in [4.78, 5) is 16.7. The van der Waals surface area contributed by atoms with Crippen LogP contribution in [-0.4, -0.2) is 54.6 Å². The first-order chi connectivity index (χ1) is 11.1. The number of likely N-dealkylation sites (tertiary alicyclic amines) is 1. The Balaban J connectivity index is 1.59. The minimum Gasteiger partial charge on any atom is -0.380 e. The highest BCUT2D eigenvalue weighted by atomic mass is 19.1. The van der Waals surface area contributed by atoms with Crippen molar-refractivity contribution in [2.24, 2.45) is 0 Å². The van der Waals surface area contributed by atoms with E-state index >= 15 is 0 Å². The van der Waals surface area contributed by atoms with Crippen LogP contribution in [0.25, 0.3) is 0 Å². The molecule has 23 heavy (non-hydrogen) atoms. The second-order valence-electron chi connectivity index (χ2n) is 6.61. The van der Waals surface area contributed by atoms with E-state index in [-0.39, 0.29) is 11.7 Å². The fraction of sp³-hybridized carbons (Fsp3) is 0.611. The second-order valence-corrected chi connectivity index (χ2v) is 6.61. The Morgan fingerprint density at radius 2 is 2.00 bits per heavy atom. The summed E-state index contributed by atoms with van der Waals surface area (Å²) in [5.41, 5.74) is 0.982. The summed E-state index contributed by atoms with van der Waals surface area (Å²) in [5.74, 6) is -0.0377. The van der Waals surface area contributed by atoms with E-state index < -0.39 is 0 Å². The number of benzene rings is 1. The molecule has 1 amide bonds. The van der Waals surface area contributed by atoms with Gasteiger partial charge in [0.2, 0.25) is 5.91 Å². The second kappa shape index (κ2) is 7.41. The Hall–Kier alpha value is -1.46. The van der Waals surface area contributed by atoms with Gasteiger partial charge in [0.25, 0.3) is 0 Å². The largest absolute Gasteiger partial charge is 0.380 e. The molecule has 2 unspecified atom stereocenters. The fourth-order valence-corrected chi connectivity index (χ4v) is 3.55. The van der Waals surface area contributed by atoms with Crippen LogP contribution in [0.4, 0.5) is 4.39 Å². The molecule has 2 saturated heterocycles. The third-order valence-corrected chi connectivity index (χ3v) is 5.12. The summed E-state index contributed by atoms with van der Waals surface area (Å²) >= 11 is 0. The maximum atomic E-state index is 13.0. The first-order valence-corrected chi connectivity index (χ1v) is 8.45. The van der Waals surface area contributed by atoms with Gasteiger partial charge in [-0.1, -0.05) is 12.1 Å². The van der Waals surface area contributed by atoms with Crippen LogP contribution in [0.1, 0.15) is 31.2 Å². The van der Waals surface area contributed by atoms with Crippen molar-refractivity contribution in [1.29, 1.82) is 0 Å². The lowest BCUT2D eigenvalue weighted by Crippen LogP contribution is -2.41. The van der Waals surface area contributed by atoms with Crippen LogP contribution in [0.2, 0.25) is 0 Å². The average Bonchev–Trinajstić information content (AvgIpc) is 3.03. The van der Waals surface area contributed by atoms with E-state index in [1.165, 1.54) is 12.1 Å². The normalized spacial score (nSPS) is 25.9. The monoisotopic (exact) mass is 320 g/mol. The molecule has 2 aliphatic rings. The quantitative estimate of drug-likeness (QED) is 0.854. The Labute approximate surface area is 137 Å². The van der Waals surface area contributed by atoms with Gasteiger partial charge < -0.3 is 9.64 Å². The number of nitrogens with zero attached hydrogens (tertiary/aromatic N) is 2. The smallest absolute Gasteiger partial charge is 0.222 e. The van der Waals surface area contributed by atoms with Gasteiger partial charge in [0, 0.05) is 38.2 Å². The number of rotatable bonds is 4. The summed E-state index contributed by atoms with van der Waals surface area (Å²) in [5, 5.41) is 0. The summed E-state index contributed by atoms with van der Waals surface area (Å²) in [6.07, 6.45) is 3.57. The molecule has 126 valence electrons. The van der Waals surface area contributed by atoms with Crippen molar-refractivity contribution in [2.45, 2.75) is 44.3 Å². The average molecular weight is 320 g/mol. The summed E-state index contributed by atoms with van der Waals surface area (Å²) in [7, 11) is 2.16. The van der Waals surface area contributed by atoms with E-state index in [2.05, 4.69) is 11.9 Å². The molecule has 2 aliphatic heterocycles. The molecule has 2 heterocycles. The Bertz CT molecular complexity index is 528. The molecule has 2 atom stereocenters. The van der Waals surface area contributed by atoms with Gasteiger partial charge in [0.05, 0.1) is 6.61 Å². The molecule has 2 fully saturated rings. The van der Waals surface area contributed by atoms with E-state index in [0.717, 1.165) is 44.6 Å². The predicted molar refractivity (Wildman–Crippen MR) is 86.4 cm³/mol. The number of carbonyl (C=O) groups excluding carboxylic acids is 1. The van der Waals surface area contributed by atoms with Crippen LogP contribution in [0, 0.1) is 5.82 Å². The molecule has 1 aromatic carbocycles. The van der Waals surface area contributed by atoms with Gasteiger partial charge in [-0.25, -0.2) is 4.39 Å². The number of hydrogen-bond acceptors (Lipinski definition) is 3. The number of carbonyl (C=O) groups is 1. The number of ether oxygens (including phenoxy) is 1. The lowest BCUT2D eigenvalue weighted by atomic mass is 10.1. The molecule has 0 N–H and O–H groups in total. The van der Waals surface area contributed by atoms with Crippen LogP contribution >= 0.6 is 0 Å². The molecule has 0 radical (unpaired) electrons. The van der Waals surface area contributed by atoms with E-state index in [0.29, 0.717) is 25.0 Å². The topological polar surface area (TPSA) is 32.8 Å². The van der Waals surface area contributed by atoms with Crippen LogP contribution in [0.3, 0.4) is 0 Å². The first kappa shape index (κ1) is 16.4. The van der Waals surface area contributed by atoms with Gasteiger partial charge in [0.15, 0.2) is 0 Å². The van der Waals surface area contributed by atoms with Crippen LogP contribution in [0.5, 0.6) is 0 Å². The van der Waals surface area contributed by atoms with E-state index in [4.69, 9.17) is 4.74 Å². The van der Waals surface area contributed by atoms with Crippen molar-refractivity contribution in [3.8, 4) is 0 Å². The molecule has 0 saturated carbocycles. The third-order valence-electron chi connectivity index (χ3n) is 5.12. The van der Waals surface area contributed by atoms with Crippen molar-refractivity contribution in [3.05, 3.63) is 35.6 Å². The number of likely N-dealkylation sites (N-methyl/N-ethyl adjacent to an activating group) is 1. The molecular formula is C18H25FN2O2. The highest BCUT2D eigenvalue weighted by Gasteiger charge is 2.30. The Morgan fingerprint density at radius 1 is 1.22 bits per heavy atom. The number of halogens is 1.